The predicted octanol–water partition coefficient (Wildman–Crippen LogP) is 4.18. The van der Waals surface area contributed by atoms with Crippen molar-refractivity contribution in [1.82, 2.24) is 0 Å². The summed E-state index contributed by atoms with van der Waals surface area (Å²) in [5.41, 5.74) is 7.00. The quantitative estimate of drug-likeness (QED) is 0.875. The van der Waals surface area contributed by atoms with Crippen LogP contribution in [0.15, 0.2) is 18.2 Å². The standard InChI is InChI=1S/C15H21ClFN/c1-11-5-7-15(10-18,8-6-11)9-12-3-2-4-13(17)14(12)16/h2-4,11H,5-10,18H2,1H3. The molecule has 0 radical (unpaired) electrons. The highest BCUT2D eigenvalue weighted by Gasteiger charge is 2.33. The third-order valence-electron chi connectivity index (χ3n) is 4.36. The van der Waals surface area contributed by atoms with Crippen molar-refractivity contribution in [2.75, 3.05) is 6.54 Å². The summed E-state index contributed by atoms with van der Waals surface area (Å²) in [6, 6.07) is 5.05. The Bertz CT molecular complexity index is 411. The molecule has 0 aromatic heterocycles. The molecule has 0 saturated heterocycles. The van der Waals surface area contributed by atoms with Gasteiger partial charge in [-0.2, -0.15) is 0 Å². The summed E-state index contributed by atoms with van der Waals surface area (Å²) in [6.07, 6.45) is 5.47. The lowest BCUT2D eigenvalue weighted by atomic mass is 9.68. The van der Waals surface area contributed by atoms with Gasteiger partial charge in [0.05, 0.1) is 5.02 Å². The van der Waals surface area contributed by atoms with E-state index in [9.17, 15) is 4.39 Å². The number of rotatable bonds is 3. The highest BCUT2D eigenvalue weighted by Crippen LogP contribution is 2.41. The average Bonchev–Trinajstić information content (AvgIpc) is 2.38. The van der Waals surface area contributed by atoms with E-state index in [1.807, 2.05) is 6.07 Å². The van der Waals surface area contributed by atoms with Gasteiger partial charge >= 0.3 is 0 Å². The Kier molecular flexibility index (Phi) is 4.29. The molecule has 0 amide bonds. The first kappa shape index (κ1) is 13.8. The first-order valence-corrected chi connectivity index (χ1v) is 7.07. The monoisotopic (exact) mass is 269 g/mol. The average molecular weight is 270 g/mol. The summed E-state index contributed by atoms with van der Waals surface area (Å²) in [4.78, 5) is 0. The number of halogens is 2. The number of hydrogen-bond donors (Lipinski definition) is 1. The third kappa shape index (κ3) is 2.86. The lowest BCUT2D eigenvalue weighted by Crippen LogP contribution is -2.36. The van der Waals surface area contributed by atoms with E-state index in [-0.39, 0.29) is 16.3 Å². The molecule has 100 valence electrons. The molecule has 3 heteroatoms. The minimum Gasteiger partial charge on any atom is -0.330 e. The van der Waals surface area contributed by atoms with E-state index in [0.717, 1.165) is 30.7 Å². The van der Waals surface area contributed by atoms with Crippen molar-refractivity contribution >= 4 is 11.6 Å². The highest BCUT2D eigenvalue weighted by molar-refractivity contribution is 6.31. The zero-order chi connectivity index (χ0) is 13.2. The number of nitrogens with two attached hydrogens (primary N) is 1. The topological polar surface area (TPSA) is 26.0 Å². The maximum Gasteiger partial charge on any atom is 0.142 e. The van der Waals surface area contributed by atoms with Gasteiger partial charge in [0.15, 0.2) is 0 Å². The summed E-state index contributed by atoms with van der Waals surface area (Å²) in [6.45, 7) is 2.95. The van der Waals surface area contributed by atoms with Crippen LogP contribution in [0.4, 0.5) is 4.39 Å². The Balaban J connectivity index is 2.17. The van der Waals surface area contributed by atoms with Gasteiger partial charge in [-0.05, 0) is 48.8 Å². The summed E-state index contributed by atoms with van der Waals surface area (Å²) in [7, 11) is 0. The lowest BCUT2D eigenvalue weighted by molar-refractivity contribution is 0.163. The van der Waals surface area contributed by atoms with Gasteiger partial charge in [-0.15, -0.1) is 0 Å². The molecule has 1 aliphatic carbocycles. The molecule has 1 saturated carbocycles. The number of benzene rings is 1. The molecule has 1 aromatic rings. The summed E-state index contributed by atoms with van der Waals surface area (Å²) >= 11 is 6.04. The first-order chi connectivity index (χ1) is 8.56. The second-order valence-corrected chi connectivity index (χ2v) is 6.15. The Hall–Kier alpha value is -0.600. The van der Waals surface area contributed by atoms with Crippen LogP contribution in [-0.4, -0.2) is 6.54 Å². The van der Waals surface area contributed by atoms with E-state index < -0.39 is 0 Å². The van der Waals surface area contributed by atoms with E-state index in [4.69, 9.17) is 17.3 Å². The van der Waals surface area contributed by atoms with Crippen LogP contribution in [0.25, 0.3) is 0 Å². The Morgan fingerprint density at radius 2 is 2.06 bits per heavy atom. The summed E-state index contributed by atoms with van der Waals surface area (Å²) < 4.78 is 13.5. The molecule has 0 unspecified atom stereocenters. The second kappa shape index (κ2) is 5.58. The molecule has 1 aliphatic rings. The first-order valence-electron chi connectivity index (χ1n) is 6.69. The molecule has 1 fully saturated rings. The molecule has 0 atom stereocenters. The summed E-state index contributed by atoms with van der Waals surface area (Å²) in [5, 5.41) is 0.268. The number of hydrogen-bond acceptors (Lipinski definition) is 1. The molecule has 18 heavy (non-hydrogen) atoms. The smallest absolute Gasteiger partial charge is 0.142 e. The van der Waals surface area contributed by atoms with E-state index in [0.29, 0.717) is 6.54 Å². The lowest BCUT2D eigenvalue weighted by Gasteiger charge is -2.39. The van der Waals surface area contributed by atoms with Gasteiger partial charge in [0.25, 0.3) is 0 Å². The van der Waals surface area contributed by atoms with Crippen molar-refractivity contribution in [3.63, 3.8) is 0 Å². The molecule has 0 aliphatic heterocycles. The van der Waals surface area contributed by atoms with Gasteiger partial charge in [0.2, 0.25) is 0 Å². The van der Waals surface area contributed by atoms with E-state index >= 15 is 0 Å². The maximum atomic E-state index is 13.5. The van der Waals surface area contributed by atoms with Gasteiger partial charge in [0, 0.05) is 0 Å². The maximum absolute atomic E-state index is 13.5. The normalized spacial score (nSPS) is 28.3. The Morgan fingerprint density at radius 1 is 1.39 bits per heavy atom. The van der Waals surface area contributed by atoms with Crippen molar-refractivity contribution in [2.45, 2.75) is 39.0 Å². The van der Waals surface area contributed by atoms with Crippen molar-refractivity contribution < 1.29 is 4.39 Å². The molecule has 1 aromatic carbocycles. The molecule has 0 heterocycles. The Morgan fingerprint density at radius 3 is 2.67 bits per heavy atom. The van der Waals surface area contributed by atoms with Crippen LogP contribution >= 0.6 is 11.6 Å². The van der Waals surface area contributed by atoms with Gasteiger partial charge in [0.1, 0.15) is 5.82 Å². The van der Waals surface area contributed by atoms with E-state index in [1.54, 1.807) is 6.07 Å². The fourth-order valence-corrected chi connectivity index (χ4v) is 3.11. The van der Waals surface area contributed by atoms with Gasteiger partial charge in [-0.3, -0.25) is 0 Å². The van der Waals surface area contributed by atoms with E-state index in [2.05, 4.69) is 6.92 Å². The van der Waals surface area contributed by atoms with Crippen molar-refractivity contribution in [1.29, 1.82) is 0 Å². The van der Waals surface area contributed by atoms with Crippen LogP contribution in [0.5, 0.6) is 0 Å². The summed E-state index contributed by atoms with van der Waals surface area (Å²) in [5.74, 6) is 0.457. The van der Waals surface area contributed by atoms with Crippen LogP contribution < -0.4 is 5.73 Å². The highest BCUT2D eigenvalue weighted by atomic mass is 35.5. The molecule has 0 spiro atoms. The van der Waals surface area contributed by atoms with Crippen LogP contribution in [0.3, 0.4) is 0 Å². The molecule has 2 rings (SSSR count). The predicted molar refractivity (Wildman–Crippen MR) is 74.2 cm³/mol. The molecule has 0 bridgehead atoms. The van der Waals surface area contributed by atoms with Crippen molar-refractivity contribution in [3.8, 4) is 0 Å². The van der Waals surface area contributed by atoms with Crippen LogP contribution in [-0.2, 0) is 6.42 Å². The van der Waals surface area contributed by atoms with Crippen LogP contribution in [0.2, 0.25) is 5.02 Å². The van der Waals surface area contributed by atoms with Crippen LogP contribution in [0.1, 0.15) is 38.2 Å². The fraction of sp³-hybridized carbons (Fsp3) is 0.600. The van der Waals surface area contributed by atoms with Crippen molar-refractivity contribution in [2.24, 2.45) is 17.1 Å². The fourth-order valence-electron chi connectivity index (χ4n) is 2.92. The molecule has 1 nitrogen and oxygen atoms in total. The van der Waals surface area contributed by atoms with Crippen molar-refractivity contribution in [3.05, 3.63) is 34.6 Å². The molecular weight excluding hydrogens is 249 g/mol. The van der Waals surface area contributed by atoms with Crippen LogP contribution in [0, 0.1) is 17.2 Å². The Labute approximate surface area is 114 Å². The molecular formula is C15H21ClFN. The zero-order valence-electron chi connectivity index (χ0n) is 10.9. The zero-order valence-corrected chi connectivity index (χ0v) is 11.6. The third-order valence-corrected chi connectivity index (χ3v) is 4.79. The molecule has 2 N–H and O–H groups in total. The van der Waals surface area contributed by atoms with Gasteiger partial charge < -0.3 is 5.73 Å². The minimum absolute atomic E-state index is 0.115. The SMILES string of the molecule is CC1CCC(CN)(Cc2cccc(F)c2Cl)CC1. The van der Waals surface area contributed by atoms with Gasteiger partial charge in [-0.1, -0.05) is 43.5 Å². The van der Waals surface area contributed by atoms with Gasteiger partial charge in [-0.25, -0.2) is 4.39 Å². The minimum atomic E-state index is -0.328. The largest absolute Gasteiger partial charge is 0.330 e. The van der Waals surface area contributed by atoms with E-state index in [1.165, 1.54) is 18.9 Å². The second-order valence-electron chi connectivity index (χ2n) is 5.78.